The molecule has 2 aromatic rings. The number of benzene rings is 1. The summed E-state index contributed by atoms with van der Waals surface area (Å²) >= 11 is 0. The van der Waals surface area contributed by atoms with Crippen LogP contribution in [0, 0.1) is 0 Å². The van der Waals surface area contributed by atoms with Crippen LogP contribution in [0.4, 0.5) is 0 Å². The van der Waals surface area contributed by atoms with E-state index in [4.69, 9.17) is 4.74 Å². The lowest BCUT2D eigenvalue weighted by molar-refractivity contribution is -0.136. The van der Waals surface area contributed by atoms with Crippen molar-refractivity contribution >= 4 is 18.3 Å². The zero-order chi connectivity index (χ0) is 17.6. The maximum atomic E-state index is 12.7. The summed E-state index contributed by atoms with van der Waals surface area (Å²) in [6.07, 6.45) is 3.57. The van der Waals surface area contributed by atoms with E-state index in [-0.39, 0.29) is 31.0 Å². The molecule has 0 spiro atoms. The monoisotopic (exact) mass is 375 g/mol. The molecule has 0 saturated carbocycles. The molecule has 1 saturated heterocycles. The van der Waals surface area contributed by atoms with E-state index >= 15 is 0 Å². The van der Waals surface area contributed by atoms with Crippen molar-refractivity contribution in [3.05, 3.63) is 59.9 Å². The number of hydrogen-bond donors (Lipinski definition) is 1. The van der Waals surface area contributed by atoms with Crippen molar-refractivity contribution in [1.29, 1.82) is 0 Å². The van der Waals surface area contributed by atoms with Gasteiger partial charge in [-0.2, -0.15) is 0 Å². The number of carbonyl (C=O) groups excluding carboxylic acids is 1. The number of ether oxygens (including phenoxy) is 1. The molecule has 0 aliphatic carbocycles. The predicted molar refractivity (Wildman–Crippen MR) is 105 cm³/mol. The Bertz CT molecular complexity index is 709. The maximum Gasteiger partial charge on any atom is 0.261 e. The molecular formula is C20H26ClN3O2. The lowest BCUT2D eigenvalue weighted by Gasteiger charge is -2.36. The molecule has 1 unspecified atom stereocenters. The molecule has 1 amide bonds. The van der Waals surface area contributed by atoms with E-state index in [1.54, 1.807) is 6.20 Å². The molecule has 0 bridgehead atoms. The molecular weight excluding hydrogens is 350 g/mol. The van der Waals surface area contributed by atoms with Crippen LogP contribution in [0.1, 0.15) is 36.9 Å². The van der Waals surface area contributed by atoms with Gasteiger partial charge in [-0.05, 0) is 35.2 Å². The third kappa shape index (κ3) is 4.96. The van der Waals surface area contributed by atoms with Gasteiger partial charge in [-0.25, -0.2) is 0 Å². The maximum absolute atomic E-state index is 12.7. The van der Waals surface area contributed by atoms with Gasteiger partial charge in [0.2, 0.25) is 0 Å². The third-order valence-corrected chi connectivity index (χ3v) is 4.52. The first kappa shape index (κ1) is 20.2. The first-order valence-electron chi connectivity index (χ1n) is 8.78. The first-order valence-corrected chi connectivity index (χ1v) is 8.78. The van der Waals surface area contributed by atoms with Gasteiger partial charge in [0.05, 0.1) is 6.04 Å². The lowest BCUT2D eigenvalue weighted by atomic mass is 10.0. The van der Waals surface area contributed by atoms with Gasteiger partial charge in [-0.3, -0.25) is 9.78 Å². The van der Waals surface area contributed by atoms with E-state index in [1.807, 2.05) is 41.4 Å². The molecule has 26 heavy (non-hydrogen) atoms. The third-order valence-electron chi connectivity index (χ3n) is 4.52. The van der Waals surface area contributed by atoms with Crippen molar-refractivity contribution in [1.82, 2.24) is 15.2 Å². The van der Waals surface area contributed by atoms with Gasteiger partial charge < -0.3 is 15.0 Å². The van der Waals surface area contributed by atoms with E-state index in [0.717, 1.165) is 24.4 Å². The van der Waals surface area contributed by atoms with Crippen molar-refractivity contribution < 1.29 is 9.53 Å². The summed E-state index contributed by atoms with van der Waals surface area (Å²) in [6, 6.07) is 11.9. The number of amides is 1. The van der Waals surface area contributed by atoms with Crippen molar-refractivity contribution in [3.63, 3.8) is 0 Å². The van der Waals surface area contributed by atoms with Crippen molar-refractivity contribution in [2.45, 2.75) is 25.8 Å². The van der Waals surface area contributed by atoms with Gasteiger partial charge in [0.1, 0.15) is 5.75 Å². The van der Waals surface area contributed by atoms with Gasteiger partial charge in [-0.1, -0.05) is 32.0 Å². The van der Waals surface area contributed by atoms with E-state index in [9.17, 15) is 4.79 Å². The summed E-state index contributed by atoms with van der Waals surface area (Å²) < 4.78 is 5.77. The van der Waals surface area contributed by atoms with Crippen LogP contribution < -0.4 is 10.1 Å². The Morgan fingerprint density at radius 2 is 2.19 bits per heavy atom. The fraction of sp³-hybridized carbons (Fsp3) is 0.400. The van der Waals surface area contributed by atoms with Crippen LogP contribution in [0.5, 0.6) is 5.75 Å². The van der Waals surface area contributed by atoms with Gasteiger partial charge in [0.25, 0.3) is 5.91 Å². The van der Waals surface area contributed by atoms with Crippen molar-refractivity contribution in [3.8, 4) is 5.75 Å². The van der Waals surface area contributed by atoms with Gasteiger partial charge >= 0.3 is 0 Å². The number of nitrogens with one attached hydrogen (secondary N) is 1. The van der Waals surface area contributed by atoms with Crippen LogP contribution in [0.2, 0.25) is 0 Å². The number of nitrogens with zero attached hydrogens (tertiary/aromatic N) is 2. The fourth-order valence-electron chi connectivity index (χ4n) is 3.07. The van der Waals surface area contributed by atoms with Crippen LogP contribution in [-0.2, 0) is 4.79 Å². The van der Waals surface area contributed by atoms with Crippen LogP contribution in [0.15, 0.2) is 48.8 Å². The van der Waals surface area contributed by atoms with Crippen LogP contribution in [-0.4, -0.2) is 42.0 Å². The lowest BCUT2D eigenvalue weighted by Crippen LogP contribution is -2.50. The van der Waals surface area contributed by atoms with E-state index < -0.39 is 0 Å². The van der Waals surface area contributed by atoms with Crippen LogP contribution in [0.3, 0.4) is 0 Å². The molecule has 5 nitrogen and oxygen atoms in total. The zero-order valence-electron chi connectivity index (χ0n) is 15.2. The summed E-state index contributed by atoms with van der Waals surface area (Å²) in [5.74, 6) is 1.18. The summed E-state index contributed by atoms with van der Waals surface area (Å²) in [5.41, 5.74) is 2.25. The summed E-state index contributed by atoms with van der Waals surface area (Å²) in [7, 11) is 0. The molecule has 2 heterocycles. The quantitative estimate of drug-likeness (QED) is 0.872. The minimum Gasteiger partial charge on any atom is -0.484 e. The minimum atomic E-state index is 0. The first-order chi connectivity index (χ1) is 12.1. The Hall–Kier alpha value is -2.11. The highest BCUT2D eigenvalue weighted by Crippen LogP contribution is 2.23. The second kappa shape index (κ2) is 9.55. The Morgan fingerprint density at radius 1 is 1.35 bits per heavy atom. The Morgan fingerprint density at radius 3 is 2.92 bits per heavy atom. The summed E-state index contributed by atoms with van der Waals surface area (Å²) in [5, 5.41) is 3.35. The predicted octanol–water partition coefficient (Wildman–Crippen LogP) is 3.18. The van der Waals surface area contributed by atoms with Gasteiger partial charge in [0, 0.05) is 32.0 Å². The Labute approximate surface area is 161 Å². The molecule has 1 aliphatic rings. The standard InChI is InChI=1S/C20H25N3O2.ClH/c1-15(2)16-5-3-7-18(11-16)25-14-20(24)23-10-9-22-13-19(23)17-6-4-8-21-12-17;/h3-8,11-12,15,19,22H,9-10,13-14H2,1-2H3;1H. The van der Waals surface area contributed by atoms with E-state index in [2.05, 4.69) is 30.2 Å². The average molecular weight is 376 g/mol. The highest BCUT2D eigenvalue weighted by molar-refractivity contribution is 5.85. The highest BCUT2D eigenvalue weighted by Gasteiger charge is 2.28. The number of aromatic nitrogens is 1. The Kier molecular flexibility index (Phi) is 7.42. The molecule has 0 radical (unpaired) electrons. The van der Waals surface area contributed by atoms with Crippen LogP contribution in [0.25, 0.3) is 0 Å². The smallest absolute Gasteiger partial charge is 0.261 e. The molecule has 1 aliphatic heterocycles. The summed E-state index contributed by atoms with van der Waals surface area (Å²) in [6.45, 7) is 6.55. The summed E-state index contributed by atoms with van der Waals surface area (Å²) in [4.78, 5) is 18.8. The number of rotatable bonds is 5. The van der Waals surface area contributed by atoms with Gasteiger partial charge in [-0.15, -0.1) is 12.4 Å². The number of halogens is 1. The molecule has 1 aromatic carbocycles. The van der Waals surface area contributed by atoms with Crippen molar-refractivity contribution in [2.24, 2.45) is 0 Å². The number of carbonyl (C=O) groups is 1. The average Bonchev–Trinajstić information content (AvgIpc) is 2.67. The molecule has 1 aromatic heterocycles. The SMILES string of the molecule is CC(C)c1cccc(OCC(=O)N2CCNCC2c2cccnc2)c1.Cl. The number of piperazine rings is 1. The minimum absolute atomic E-state index is 0. The van der Waals surface area contributed by atoms with Crippen molar-refractivity contribution in [2.75, 3.05) is 26.2 Å². The second-order valence-corrected chi connectivity index (χ2v) is 6.61. The molecule has 1 fully saturated rings. The molecule has 1 atom stereocenters. The highest BCUT2D eigenvalue weighted by atomic mass is 35.5. The normalized spacial score (nSPS) is 16.9. The molecule has 3 rings (SSSR count). The van der Waals surface area contributed by atoms with Gasteiger partial charge in [0.15, 0.2) is 6.61 Å². The fourth-order valence-corrected chi connectivity index (χ4v) is 3.07. The Balaban J connectivity index is 0.00000243. The zero-order valence-corrected chi connectivity index (χ0v) is 16.0. The molecule has 140 valence electrons. The molecule has 6 heteroatoms. The van der Waals surface area contributed by atoms with E-state index in [0.29, 0.717) is 12.5 Å². The molecule has 1 N–H and O–H groups in total. The number of hydrogen-bond acceptors (Lipinski definition) is 4. The topological polar surface area (TPSA) is 54.5 Å². The largest absolute Gasteiger partial charge is 0.484 e. The second-order valence-electron chi connectivity index (χ2n) is 6.61. The number of pyridine rings is 1. The van der Waals surface area contributed by atoms with Crippen LogP contribution >= 0.6 is 12.4 Å². The van der Waals surface area contributed by atoms with E-state index in [1.165, 1.54) is 5.56 Å².